The van der Waals surface area contributed by atoms with Gasteiger partial charge in [0.25, 0.3) is 0 Å². The Balaban J connectivity index is 1.93. The second-order valence-electron chi connectivity index (χ2n) is 4.74. The summed E-state index contributed by atoms with van der Waals surface area (Å²) in [6.07, 6.45) is 4.80. The normalized spacial score (nSPS) is 11.1. The van der Waals surface area contributed by atoms with Crippen LogP contribution in [0.2, 0.25) is 0 Å². The summed E-state index contributed by atoms with van der Waals surface area (Å²) in [6.45, 7) is 0. The number of aromatic nitrogens is 3. The van der Waals surface area contributed by atoms with E-state index in [1.54, 1.807) is 24.4 Å². The predicted octanol–water partition coefficient (Wildman–Crippen LogP) is 2.83. The highest BCUT2D eigenvalue weighted by atomic mass is 16.4. The molecule has 0 saturated heterocycles. The van der Waals surface area contributed by atoms with Gasteiger partial charge < -0.3 is 10.2 Å². The number of pyridine rings is 2. The number of fused-ring (bicyclic) bond motifs is 1. The van der Waals surface area contributed by atoms with Gasteiger partial charge in [0, 0.05) is 17.8 Å². The van der Waals surface area contributed by atoms with Gasteiger partial charge in [-0.05, 0) is 42.0 Å². The molecule has 7 nitrogen and oxygen atoms in total. The van der Waals surface area contributed by atoms with E-state index in [1.165, 1.54) is 12.3 Å². The summed E-state index contributed by atoms with van der Waals surface area (Å²) in [7, 11) is 0. The maximum atomic E-state index is 11.0. The number of carbonyl (C=O) groups is 2. The van der Waals surface area contributed by atoms with Crippen LogP contribution in [0.25, 0.3) is 23.2 Å². The Bertz CT molecular complexity index is 912. The van der Waals surface area contributed by atoms with Crippen LogP contribution in [0.3, 0.4) is 0 Å². The van der Waals surface area contributed by atoms with Gasteiger partial charge in [-0.3, -0.25) is 0 Å². The summed E-state index contributed by atoms with van der Waals surface area (Å²) < 4.78 is 0.664. The SMILES string of the molecule is O=C(O)c1cc(C=Cc2ccc3cccnc3n2)cn1C(=O)O. The van der Waals surface area contributed by atoms with Gasteiger partial charge >= 0.3 is 12.1 Å². The first-order valence-corrected chi connectivity index (χ1v) is 6.63. The molecule has 3 aromatic rings. The van der Waals surface area contributed by atoms with Crippen LogP contribution >= 0.6 is 0 Å². The van der Waals surface area contributed by atoms with Crippen molar-refractivity contribution in [3.05, 3.63) is 59.7 Å². The molecule has 3 rings (SSSR count). The van der Waals surface area contributed by atoms with Gasteiger partial charge in [0.15, 0.2) is 5.65 Å². The quantitative estimate of drug-likeness (QED) is 0.770. The van der Waals surface area contributed by atoms with E-state index < -0.39 is 12.1 Å². The van der Waals surface area contributed by atoms with Crippen molar-refractivity contribution >= 4 is 35.2 Å². The molecule has 0 aliphatic rings. The van der Waals surface area contributed by atoms with Crippen LogP contribution in [0.4, 0.5) is 4.79 Å². The Morgan fingerprint density at radius 2 is 1.96 bits per heavy atom. The number of hydrogen-bond donors (Lipinski definition) is 2. The first-order valence-electron chi connectivity index (χ1n) is 6.63. The van der Waals surface area contributed by atoms with E-state index in [-0.39, 0.29) is 5.69 Å². The molecule has 0 amide bonds. The van der Waals surface area contributed by atoms with Crippen LogP contribution in [0.15, 0.2) is 42.7 Å². The first kappa shape index (κ1) is 14.5. The van der Waals surface area contributed by atoms with Crippen molar-refractivity contribution < 1.29 is 19.8 Å². The molecule has 7 heteroatoms. The van der Waals surface area contributed by atoms with Crippen molar-refractivity contribution in [3.63, 3.8) is 0 Å². The zero-order valence-corrected chi connectivity index (χ0v) is 11.7. The first-order chi connectivity index (χ1) is 11.0. The number of carboxylic acids is 1. The zero-order valence-electron chi connectivity index (χ0n) is 11.7. The lowest BCUT2D eigenvalue weighted by Crippen LogP contribution is -2.13. The maximum absolute atomic E-state index is 11.0. The highest BCUT2D eigenvalue weighted by Crippen LogP contribution is 2.14. The van der Waals surface area contributed by atoms with Crippen LogP contribution in [-0.4, -0.2) is 36.8 Å². The summed E-state index contributed by atoms with van der Waals surface area (Å²) in [5.74, 6) is -1.31. The number of rotatable bonds is 3. The fraction of sp³-hybridized carbons (Fsp3) is 0. The largest absolute Gasteiger partial charge is 0.477 e. The Morgan fingerprint density at radius 3 is 2.65 bits per heavy atom. The molecular formula is C16H11N3O4. The minimum absolute atomic E-state index is 0.315. The summed E-state index contributed by atoms with van der Waals surface area (Å²) in [5, 5.41) is 18.9. The highest BCUT2D eigenvalue weighted by molar-refractivity contribution is 5.91. The van der Waals surface area contributed by atoms with E-state index in [4.69, 9.17) is 10.2 Å². The predicted molar refractivity (Wildman–Crippen MR) is 83.3 cm³/mol. The lowest BCUT2D eigenvalue weighted by molar-refractivity contribution is 0.0684. The lowest BCUT2D eigenvalue weighted by atomic mass is 10.2. The molecule has 0 radical (unpaired) electrons. The van der Waals surface area contributed by atoms with Gasteiger partial charge in [-0.1, -0.05) is 6.08 Å². The van der Waals surface area contributed by atoms with Gasteiger partial charge in [-0.2, -0.15) is 0 Å². The Morgan fingerprint density at radius 1 is 1.13 bits per heavy atom. The summed E-state index contributed by atoms with van der Waals surface area (Å²) in [4.78, 5) is 30.6. The fourth-order valence-corrected chi connectivity index (χ4v) is 2.14. The molecule has 0 saturated carbocycles. The molecule has 23 heavy (non-hydrogen) atoms. The van der Waals surface area contributed by atoms with Crippen molar-refractivity contribution in [1.82, 2.24) is 14.5 Å². The third-order valence-electron chi connectivity index (χ3n) is 3.20. The number of nitrogens with zero attached hydrogens (tertiary/aromatic N) is 3. The third-order valence-corrected chi connectivity index (χ3v) is 3.20. The molecule has 0 spiro atoms. The Labute approximate surface area is 130 Å². The number of aromatic carboxylic acids is 1. The van der Waals surface area contributed by atoms with Crippen molar-refractivity contribution in [2.45, 2.75) is 0 Å². The molecule has 0 fully saturated rings. The van der Waals surface area contributed by atoms with Crippen LogP contribution < -0.4 is 0 Å². The molecule has 0 unspecified atom stereocenters. The van der Waals surface area contributed by atoms with Gasteiger partial charge in [0.05, 0.1) is 5.69 Å². The second-order valence-corrected chi connectivity index (χ2v) is 4.74. The van der Waals surface area contributed by atoms with Gasteiger partial charge in [0.1, 0.15) is 5.69 Å². The molecule has 0 bridgehead atoms. The second kappa shape index (κ2) is 5.72. The molecular weight excluding hydrogens is 298 g/mol. The van der Waals surface area contributed by atoms with Crippen LogP contribution in [0.5, 0.6) is 0 Å². The van der Waals surface area contributed by atoms with E-state index in [0.717, 1.165) is 5.39 Å². The third kappa shape index (κ3) is 2.93. The van der Waals surface area contributed by atoms with E-state index in [2.05, 4.69) is 9.97 Å². The van der Waals surface area contributed by atoms with Crippen molar-refractivity contribution in [2.75, 3.05) is 0 Å². The fourth-order valence-electron chi connectivity index (χ4n) is 2.14. The van der Waals surface area contributed by atoms with Crippen LogP contribution in [0.1, 0.15) is 21.7 Å². The van der Waals surface area contributed by atoms with Crippen molar-refractivity contribution in [3.8, 4) is 0 Å². The van der Waals surface area contributed by atoms with E-state index >= 15 is 0 Å². The maximum Gasteiger partial charge on any atom is 0.416 e. The van der Waals surface area contributed by atoms with Crippen LogP contribution in [-0.2, 0) is 0 Å². The minimum atomic E-state index is -1.35. The molecule has 3 heterocycles. The van der Waals surface area contributed by atoms with E-state index in [0.29, 0.717) is 21.5 Å². The summed E-state index contributed by atoms with van der Waals surface area (Å²) in [6, 6.07) is 8.68. The summed E-state index contributed by atoms with van der Waals surface area (Å²) >= 11 is 0. The van der Waals surface area contributed by atoms with E-state index in [1.807, 2.05) is 18.2 Å². The van der Waals surface area contributed by atoms with Crippen molar-refractivity contribution in [2.24, 2.45) is 0 Å². The van der Waals surface area contributed by atoms with Gasteiger partial charge in [-0.15, -0.1) is 0 Å². The molecule has 0 aliphatic carbocycles. The average molecular weight is 309 g/mol. The number of carboxylic acid groups (broad SMARTS) is 2. The molecule has 0 aliphatic heterocycles. The molecule has 2 N–H and O–H groups in total. The molecule has 3 aromatic heterocycles. The van der Waals surface area contributed by atoms with Gasteiger partial charge in [0.2, 0.25) is 0 Å². The minimum Gasteiger partial charge on any atom is -0.477 e. The topological polar surface area (TPSA) is 105 Å². The molecule has 0 atom stereocenters. The average Bonchev–Trinajstić information content (AvgIpc) is 2.97. The lowest BCUT2D eigenvalue weighted by Gasteiger charge is -1.97. The Hall–Kier alpha value is -3.48. The van der Waals surface area contributed by atoms with Crippen LogP contribution in [0, 0.1) is 0 Å². The Kier molecular flexibility index (Phi) is 3.60. The highest BCUT2D eigenvalue weighted by Gasteiger charge is 2.15. The monoisotopic (exact) mass is 309 g/mol. The standard InChI is InChI=1S/C16H11N3O4/c20-15(21)13-8-10(9-19(13)16(22)23)3-5-12-6-4-11-2-1-7-17-14(11)18-12/h1-9H,(H,20,21)(H,22,23). The summed E-state index contributed by atoms with van der Waals surface area (Å²) in [5.41, 5.74) is 1.37. The van der Waals surface area contributed by atoms with E-state index in [9.17, 15) is 9.59 Å². The van der Waals surface area contributed by atoms with Crippen molar-refractivity contribution in [1.29, 1.82) is 0 Å². The zero-order chi connectivity index (χ0) is 16.4. The smallest absolute Gasteiger partial charge is 0.416 e. The number of hydrogen-bond acceptors (Lipinski definition) is 4. The molecule has 114 valence electrons. The van der Waals surface area contributed by atoms with Gasteiger partial charge in [-0.25, -0.2) is 24.1 Å². The molecule has 0 aromatic carbocycles.